The van der Waals surface area contributed by atoms with Gasteiger partial charge >= 0.3 is 0 Å². The summed E-state index contributed by atoms with van der Waals surface area (Å²) in [7, 11) is 0. The number of ether oxygens (including phenoxy) is 2. The van der Waals surface area contributed by atoms with Crippen LogP contribution in [0.2, 0.25) is 0 Å². The third kappa shape index (κ3) is 5.29. The fourth-order valence-corrected chi connectivity index (χ4v) is 4.50. The minimum absolute atomic E-state index is 0.0249. The van der Waals surface area contributed by atoms with Crippen LogP contribution in [0.25, 0.3) is 6.08 Å². The Kier molecular flexibility index (Phi) is 6.84. The zero-order valence-corrected chi connectivity index (χ0v) is 19.6. The smallest absolute Gasteiger partial charge is 0.262 e. The summed E-state index contributed by atoms with van der Waals surface area (Å²) in [5, 5.41) is 2.85. The summed E-state index contributed by atoms with van der Waals surface area (Å²) in [4.78, 5) is 26.7. The van der Waals surface area contributed by atoms with Gasteiger partial charge in [0, 0.05) is 16.1 Å². The molecule has 1 N–H and O–H groups in total. The number of aryl methyl sites for hydroxylation is 2. The fourth-order valence-electron chi connectivity index (χ4n) is 3.45. The summed E-state index contributed by atoms with van der Waals surface area (Å²) in [6, 6.07) is 18.8. The second kappa shape index (κ2) is 9.96. The molecule has 1 aliphatic rings. The number of hydrogen-bond donors (Lipinski definition) is 1. The minimum atomic E-state index is -0.252. The van der Waals surface area contributed by atoms with Crippen LogP contribution in [0, 0.1) is 13.8 Å². The molecule has 3 aromatic rings. The topological polar surface area (TPSA) is 64.6 Å². The Balaban J connectivity index is 1.45. The highest BCUT2D eigenvalue weighted by atomic mass is 32.2. The monoisotopic (exact) mass is 459 g/mol. The molecular formula is C27H25NO4S. The Morgan fingerprint density at radius 1 is 0.970 bits per heavy atom. The molecular weight excluding hydrogens is 434 g/mol. The highest BCUT2D eigenvalue weighted by Crippen LogP contribution is 2.41. The van der Waals surface area contributed by atoms with E-state index in [1.807, 2.05) is 81.4 Å². The Hall–Kier alpha value is -3.51. The van der Waals surface area contributed by atoms with Gasteiger partial charge in [0.05, 0.1) is 11.5 Å². The minimum Gasteiger partial charge on any atom is -0.490 e. The molecule has 0 aliphatic carbocycles. The summed E-state index contributed by atoms with van der Waals surface area (Å²) >= 11 is 1.47. The Labute approximate surface area is 197 Å². The standard InChI is InChI=1S/C27H25NO4S/c1-4-31-23-14-19(15-25-27(30)21-7-5-6-8-24(21)33-25)10-12-22(23)32-16-26(29)28-20-11-9-17(2)18(3)13-20/h5-15H,4,16H2,1-3H3,(H,28,29)/b25-15+. The normalized spacial score (nSPS) is 13.7. The number of carbonyl (C=O) groups is 2. The molecule has 33 heavy (non-hydrogen) atoms. The number of nitrogens with one attached hydrogen (secondary N) is 1. The van der Waals surface area contributed by atoms with Crippen LogP contribution in [0.15, 0.2) is 70.5 Å². The molecule has 0 radical (unpaired) electrons. The molecule has 0 bridgehead atoms. The second-order valence-corrected chi connectivity index (χ2v) is 8.79. The molecule has 1 aliphatic heterocycles. The lowest BCUT2D eigenvalue weighted by Crippen LogP contribution is -2.20. The van der Waals surface area contributed by atoms with Gasteiger partial charge < -0.3 is 14.8 Å². The van der Waals surface area contributed by atoms with Gasteiger partial charge in [0.15, 0.2) is 18.1 Å². The number of carbonyl (C=O) groups excluding carboxylic acids is 2. The fraction of sp³-hybridized carbons (Fsp3) is 0.185. The van der Waals surface area contributed by atoms with E-state index in [2.05, 4.69) is 5.32 Å². The highest BCUT2D eigenvalue weighted by molar-refractivity contribution is 8.04. The zero-order valence-electron chi connectivity index (χ0n) is 18.8. The first-order valence-corrected chi connectivity index (χ1v) is 11.6. The zero-order chi connectivity index (χ0) is 23.4. The number of Topliss-reactive ketones (excluding diaryl/α,β-unsaturated/α-hetero) is 1. The first kappa shape index (κ1) is 22.7. The van der Waals surface area contributed by atoms with E-state index in [1.165, 1.54) is 17.3 Å². The molecule has 0 spiro atoms. The number of thioether (sulfide) groups is 1. The predicted molar refractivity (Wildman–Crippen MR) is 132 cm³/mol. The molecule has 4 rings (SSSR count). The first-order valence-electron chi connectivity index (χ1n) is 10.7. The van der Waals surface area contributed by atoms with Crippen LogP contribution in [0.5, 0.6) is 11.5 Å². The highest BCUT2D eigenvalue weighted by Gasteiger charge is 2.25. The Morgan fingerprint density at radius 2 is 1.79 bits per heavy atom. The number of allylic oxidation sites excluding steroid dienone is 1. The van der Waals surface area contributed by atoms with Gasteiger partial charge in [-0.2, -0.15) is 0 Å². The molecule has 0 atom stereocenters. The van der Waals surface area contributed by atoms with E-state index in [1.54, 1.807) is 6.07 Å². The van der Waals surface area contributed by atoms with Crippen molar-refractivity contribution in [1.29, 1.82) is 0 Å². The quantitative estimate of drug-likeness (QED) is 0.436. The summed E-state index contributed by atoms with van der Waals surface area (Å²) in [6.07, 6.45) is 1.85. The summed E-state index contributed by atoms with van der Waals surface area (Å²) in [5.74, 6) is 0.774. The number of rotatable bonds is 7. The van der Waals surface area contributed by atoms with Gasteiger partial charge in [-0.3, -0.25) is 9.59 Å². The SMILES string of the molecule is CCOc1cc(/C=C2/Sc3ccccc3C2=O)ccc1OCC(=O)Nc1ccc(C)c(C)c1. The average molecular weight is 460 g/mol. The van der Waals surface area contributed by atoms with Crippen molar-refractivity contribution < 1.29 is 19.1 Å². The number of amides is 1. The van der Waals surface area contributed by atoms with E-state index < -0.39 is 0 Å². The van der Waals surface area contributed by atoms with Crippen LogP contribution in [-0.4, -0.2) is 24.9 Å². The van der Waals surface area contributed by atoms with E-state index in [9.17, 15) is 9.59 Å². The molecule has 0 unspecified atom stereocenters. The molecule has 6 heteroatoms. The van der Waals surface area contributed by atoms with Gasteiger partial charge in [0.25, 0.3) is 5.91 Å². The third-order valence-electron chi connectivity index (χ3n) is 5.29. The average Bonchev–Trinajstić information content (AvgIpc) is 3.11. The molecule has 0 saturated carbocycles. The lowest BCUT2D eigenvalue weighted by molar-refractivity contribution is -0.118. The molecule has 3 aromatic carbocycles. The van der Waals surface area contributed by atoms with Crippen LogP contribution in [0.3, 0.4) is 0 Å². The van der Waals surface area contributed by atoms with Gasteiger partial charge in [-0.15, -0.1) is 0 Å². The molecule has 168 valence electrons. The molecule has 0 fully saturated rings. The van der Waals surface area contributed by atoms with Gasteiger partial charge in [-0.05, 0) is 79.9 Å². The number of ketones is 1. The predicted octanol–water partition coefficient (Wildman–Crippen LogP) is 6.05. The number of benzene rings is 3. The maximum atomic E-state index is 12.7. The number of fused-ring (bicyclic) bond motifs is 1. The molecule has 0 saturated heterocycles. The van der Waals surface area contributed by atoms with Crippen LogP contribution in [-0.2, 0) is 4.79 Å². The van der Waals surface area contributed by atoms with E-state index in [0.29, 0.717) is 23.0 Å². The van der Waals surface area contributed by atoms with Crippen LogP contribution in [0.4, 0.5) is 5.69 Å². The van der Waals surface area contributed by atoms with Gasteiger partial charge in [0.1, 0.15) is 0 Å². The maximum absolute atomic E-state index is 12.7. The van der Waals surface area contributed by atoms with Gasteiger partial charge in [-0.1, -0.05) is 36.0 Å². The third-order valence-corrected chi connectivity index (χ3v) is 6.39. The number of anilines is 1. The van der Waals surface area contributed by atoms with Gasteiger partial charge in [0.2, 0.25) is 5.78 Å². The summed E-state index contributed by atoms with van der Waals surface area (Å²) < 4.78 is 11.5. The Morgan fingerprint density at radius 3 is 2.55 bits per heavy atom. The Bertz CT molecular complexity index is 1250. The van der Waals surface area contributed by atoms with Crippen molar-refractivity contribution in [3.63, 3.8) is 0 Å². The molecule has 5 nitrogen and oxygen atoms in total. The summed E-state index contributed by atoms with van der Waals surface area (Å²) in [6.45, 7) is 6.22. The number of hydrogen-bond acceptors (Lipinski definition) is 5. The van der Waals surface area contributed by atoms with Crippen molar-refractivity contribution in [2.24, 2.45) is 0 Å². The summed E-state index contributed by atoms with van der Waals surface area (Å²) in [5.41, 5.74) is 4.57. The molecule has 1 heterocycles. The molecule has 0 aromatic heterocycles. The van der Waals surface area contributed by atoms with Crippen LogP contribution < -0.4 is 14.8 Å². The van der Waals surface area contributed by atoms with E-state index in [-0.39, 0.29) is 18.3 Å². The van der Waals surface area contributed by atoms with Crippen molar-refractivity contribution in [3.05, 3.63) is 87.8 Å². The lowest BCUT2D eigenvalue weighted by atomic mass is 10.1. The maximum Gasteiger partial charge on any atom is 0.262 e. The van der Waals surface area contributed by atoms with Crippen LogP contribution >= 0.6 is 11.8 Å². The van der Waals surface area contributed by atoms with Crippen molar-refractivity contribution in [3.8, 4) is 11.5 Å². The van der Waals surface area contributed by atoms with Crippen molar-refractivity contribution in [2.75, 3.05) is 18.5 Å². The van der Waals surface area contributed by atoms with Crippen molar-refractivity contribution in [2.45, 2.75) is 25.7 Å². The largest absolute Gasteiger partial charge is 0.490 e. The van der Waals surface area contributed by atoms with Crippen molar-refractivity contribution in [1.82, 2.24) is 0 Å². The van der Waals surface area contributed by atoms with E-state index in [4.69, 9.17) is 9.47 Å². The lowest BCUT2D eigenvalue weighted by Gasteiger charge is -2.13. The van der Waals surface area contributed by atoms with Gasteiger partial charge in [-0.25, -0.2) is 0 Å². The molecule has 1 amide bonds. The van der Waals surface area contributed by atoms with E-state index in [0.717, 1.165) is 27.3 Å². The first-order chi connectivity index (χ1) is 15.9. The van der Waals surface area contributed by atoms with E-state index >= 15 is 0 Å². The second-order valence-electron chi connectivity index (χ2n) is 7.71. The van der Waals surface area contributed by atoms with Crippen molar-refractivity contribution >= 4 is 35.2 Å². The van der Waals surface area contributed by atoms with Crippen LogP contribution in [0.1, 0.15) is 34.0 Å².